The summed E-state index contributed by atoms with van der Waals surface area (Å²) in [5, 5.41) is 0. The van der Waals surface area contributed by atoms with Gasteiger partial charge in [0.1, 0.15) is 17.2 Å². The number of ether oxygens (including phenoxy) is 2. The second-order valence-electron chi connectivity index (χ2n) is 6.63. The van der Waals surface area contributed by atoms with Crippen molar-refractivity contribution < 1.29 is 18.7 Å². The van der Waals surface area contributed by atoms with Crippen LogP contribution >= 0.6 is 0 Å². The maximum absolute atomic E-state index is 13.0. The first-order valence-electron chi connectivity index (χ1n) is 9.19. The van der Waals surface area contributed by atoms with E-state index in [2.05, 4.69) is 4.98 Å². The Morgan fingerprint density at radius 1 is 1.11 bits per heavy atom. The van der Waals surface area contributed by atoms with Crippen molar-refractivity contribution in [2.75, 3.05) is 20.8 Å². The lowest BCUT2D eigenvalue weighted by Crippen LogP contribution is -2.36. The highest BCUT2D eigenvalue weighted by molar-refractivity contribution is 5.97. The van der Waals surface area contributed by atoms with Gasteiger partial charge in [-0.3, -0.25) is 4.79 Å². The molecule has 144 valence electrons. The van der Waals surface area contributed by atoms with Gasteiger partial charge in [0, 0.05) is 20.1 Å². The maximum Gasteiger partial charge on any atom is 0.257 e. The molecule has 6 nitrogen and oxygen atoms in total. The van der Waals surface area contributed by atoms with Crippen LogP contribution in [0.25, 0.3) is 0 Å². The van der Waals surface area contributed by atoms with Crippen molar-refractivity contribution in [3.63, 3.8) is 0 Å². The Morgan fingerprint density at radius 3 is 2.61 bits per heavy atom. The van der Waals surface area contributed by atoms with Crippen LogP contribution in [0.5, 0.6) is 5.75 Å². The molecular weight excluding hydrogens is 356 g/mol. The van der Waals surface area contributed by atoms with E-state index in [-0.39, 0.29) is 12.0 Å². The summed E-state index contributed by atoms with van der Waals surface area (Å²) in [4.78, 5) is 19.4. The summed E-state index contributed by atoms with van der Waals surface area (Å²) in [6.07, 6.45) is 0.249. The molecule has 0 aliphatic carbocycles. The molecule has 6 heteroatoms. The van der Waals surface area contributed by atoms with Gasteiger partial charge < -0.3 is 18.8 Å². The minimum Gasteiger partial charge on any atom is -0.496 e. The Balaban J connectivity index is 1.57. The van der Waals surface area contributed by atoms with E-state index in [1.54, 1.807) is 31.3 Å². The van der Waals surface area contributed by atoms with Crippen molar-refractivity contribution in [3.05, 3.63) is 83.1 Å². The van der Waals surface area contributed by atoms with Crippen molar-refractivity contribution in [1.82, 2.24) is 9.88 Å². The summed E-state index contributed by atoms with van der Waals surface area (Å²) in [6.45, 7) is 0.975. The highest BCUT2D eigenvalue weighted by Gasteiger charge is 2.29. The summed E-state index contributed by atoms with van der Waals surface area (Å²) in [5.41, 5.74) is 2.31. The number of fused-ring (bicyclic) bond motifs is 1. The van der Waals surface area contributed by atoms with Gasteiger partial charge in [-0.1, -0.05) is 42.5 Å². The first-order valence-corrected chi connectivity index (χ1v) is 9.19. The zero-order chi connectivity index (χ0) is 19.5. The van der Waals surface area contributed by atoms with Crippen LogP contribution in [-0.4, -0.2) is 36.6 Å². The van der Waals surface area contributed by atoms with Gasteiger partial charge in [0.05, 0.1) is 19.2 Å². The third-order valence-corrected chi connectivity index (χ3v) is 4.93. The quantitative estimate of drug-likeness (QED) is 0.678. The topological polar surface area (TPSA) is 64.8 Å². The van der Waals surface area contributed by atoms with E-state index in [9.17, 15) is 4.79 Å². The monoisotopic (exact) mass is 378 g/mol. The third kappa shape index (κ3) is 3.39. The fourth-order valence-electron chi connectivity index (χ4n) is 3.50. The number of rotatable bonds is 5. The number of methoxy groups -OCH3 is 2. The van der Waals surface area contributed by atoms with Gasteiger partial charge in [0.2, 0.25) is 5.89 Å². The van der Waals surface area contributed by atoms with Crippen molar-refractivity contribution in [3.8, 4) is 5.75 Å². The first-order chi connectivity index (χ1) is 13.7. The fraction of sp³-hybridized carbons (Fsp3) is 0.273. The number of benzene rings is 2. The van der Waals surface area contributed by atoms with Gasteiger partial charge in [-0.15, -0.1) is 0 Å². The summed E-state index contributed by atoms with van der Waals surface area (Å²) < 4.78 is 16.9. The summed E-state index contributed by atoms with van der Waals surface area (Å²) in [5.74, 6) is 1.84. The van der Waals surface area contributed by atoms with E-state index < -0.39 is 0 Å². The van der Waals surface area contributed by atoms with Crippen LogP contribution in [-0.2, 0) is 17.7 Å². The molecule has 1 aromatic heterocycles. The zero-order valence-corrected chi connectivity index (χ0v) is 15.9. The molecule has 0 fully saturated rings. The number of amides is 1. The van der Waals surface area contributed by atoms with Gasteiger partial charge in [-0.2, -0.15) is 0 Å². The number of para-hydroxylation sites is 1. The highest BCUT2D eigenvalue weighted by Crippen LogP contribution is 2.30. The SMILES string of the molecule is COc1ccccc1C(=O)N1CCc2oc(C(OC)c3ccccc3)nc2C1. The summed E-state index contributed by atoms with van der Waals surface area (Å²) >= 11 is 0. The highest BCUT2D eigenvalue weighted by atomic mass is 16.5. The van der Waals surface area contributed by atoms with E-state index in [1.165, 1.54) is 0 Å². The predicted octanol–water partition coefficient (Wildman–Crippen LogP) is 3.62. The number of aromatic nitrogens is 1. The Bertz CT molecular complexity index is 968. The molecule has 2 aromatic carbocycles. The van der Waals surface area contributed by atoms with Crippen LogP contribution < -0.4 is 4.74 Å². The molecule has 3 aromatic rings. The number of carbonyl (C=O) groups is 1. The van der Waals surface area contributed by atoms with Gasteiger partial charge in [-0.25, -0.2) is 4.98 Å². The minimum absolute atomic E-state index is 0.0704. The number of carbonyl (C=O) groups excluding carboxylic acids is 1. The lowest BCUT2D eigenvalue weighted by atomic mass is 10.1. The van der Waals surface area contributed by atoms with Crippen LogP contribution in [0.15, 0.2) is 59.0 Å². The lowest BCUT2D eigenvalue weighted by Gasteiger charge is -2.26. The molecule has 1 unspecified atom stereocenters. The molecule has 1 aliphatic heterocycles. The largest absolute Gasteiger partial charge is 0.496 e. The Labute approximate surface area is 163 Å². The number of nitrogens with zero attached hydrogens (tertiary/aromatic N) is 2. The summed E-state index contributed by atoms with van der Waals surface area (Å²) in [6, 6.07) is 17.1. The molecule has 0 radical (unpaired) electrons. The van der Waals surface area contributed by atoms with Crippen LogP contribution in [0, 0.1) is 0 Å². The molecule has 0 N–H and O–H groups in total. The van der Waals surface area contributed by atoms with Crippen molar-refractivity contribution in [2.24, 2.45) is 0 Å². The molecule has 0 saturated carbocycles. The van der Waals surface area contributed by atoms with Crippen LogP contribution in [0.3, 0.4) is 0 Å². The molecule has 0 saturated heterocycles. The van der Waals surface area contributed by atoms with Gasteiger partial charge in [-0.05, 0) is 17.7 Å². The number of oxazole rings is 1. The average molecular weight is 378 g/mol. The molecule has 1 atom stereocenters. The molecule has 1 amide bonds. The standard InChI is InChI=1S/C22H22N2O4/c1-26-18-11-7-6-10-16(18)22(25)24-13-12-19-17(14-24)23-21(28-19)20(27-2)15-8-4-3-5-9-15/h3-11,20H,12-14H2,1-2H3. The minimum atomic E-state index is -0.370. The average Bonchev–Trinajstić information content (AvgIpc) is 3.17. The normalized spacial score (nSPS) is 14.4. The molecule has 0 spiro atoms. The molecule has 0 bridgehead atoms. The second-order valence-corrected chi connectivity index (χ2v) is 6.63. The molecule has 2 heterocycles. The van der Waals surface area contributed by atoms with E-state index >= 15 is 0 Å². The summed E-state index contributed by atoms with van der Waals surface area (Å²) in [7, 11) is 3.21. The Hall–Kier alpha value is -3.12. The molecule has 1 aliphatic rings. The van der Waals surface area contributed by atoms with Crippen LogP contribution in [0.1, 0.15) is 39.4 Å². The maximum atomic E-state index is 13.0. The van der Waals surface area contributed by atoms with E-state index in [0.29, 0.717) is 36.7 Å². The lowest BCUT2D eigenvalue weighted by molar-refractivity contribution is 0.0723. The smallest absolute Gasteiger partial charge is 0.257 e. The number of hydrogen-bond donors (Lipinski definition) is 0. The Morgan fingerprint density at radius 2 is 1.86 bits per heavy atom. The van der Waals surface area contributed by atoms with Gasteiger partial charge in [0.25, 0.3) is 5.91 Å². The van der Waals surface area contributed by atoms with Crippen molar-refractivity contribution >= 4 is 5.91 Å². The molecule has 28 heavy (non-hydrogen) atoms. The van der Waals surface area contributed by atoms with Crippen molar-refractivity contribution in [1.29, 1.82) is 0 Å². The van der Waals surface area contributed by atoms with E-state index in [4.69, 9.17) is 13.9 Å². The third-order valence-electron chi connectivity index (χ3n) is 4.93. The molecular formula is C22H22N2O4. The van der Waals surface area contributed by atoms with Gasteiger partial charge >= 0.3 is 0 Å². The van der Waals surface area contributed by atoms with Crippen molar-refractivity contribution in [2.45, 2.75) is 19.1 Å². The van der Waals surface area contributed by atoms with Gasteiger partial charge in [0.15, 0.2) is 6.10 Å². The van der Waals surface area contributed by atoms with Crippen LogP contribution in [0.4, 0.5) is 0 Å². The van der Waals surface area contributed by atoms with E-state index in [1.807, 2.05) is 42.5 Å². The van der Waals surface area contributed by atoms with E-state index in [0.717, 1.165) is 17.0 Å². The zero-order valence-electron chi connectivity index (χ0n) is 15.9. The second kappa shape index (κ2) is 7.86. The number of hydrogen-bond acceptors (Lipinski definition) is 5. The van der Waals surface area contributed by atoms with Crippen LogP contribution in [0.2, 0.25) is 0 Å². The molecule has 4 rings (SSSR count). The predicted molar refractivity (Wildman–Crippen MR) is 103 cm³/mol. The Kier molecular flexibility index (Phi) is 5.12. The first kappa shape index (κ1) is 18.3. The fourth-order valence-corrected chi connectivity index (χ4v) is 3.50.